The van der Waals surface area contributed by atoms with Gasteiger partial charge in [-0.15, -0.1) is 0 Å². The fourth-order valence-corrected chi connectivity index (χ4v) is 2.03. The number of anilines is 1. The molecule has 2 heterocycles. The van der Waals surface area contributed by atoms with Crippen LogP contribution in [0.3, 0.4) is 0 Å². The molecule has 1 fully saturated rings. The molecule has 5 heteroatoms. The van der Waals surface area contributed by atoms with Crippen molar-refractivity contribution < 1.29 is 0 Å². The third-order valence-electron chi connectivity index (χ3n) is 2.48. The molecule has 0 bridgehead atoms. The van der Waals surface area contributed by atoms with E-state index in [1.165, 1.54) is 4.68 Å². The lowest BCUT2D eigenvalue weighted by Gasteiger charge is -2.03. The summed E-state index contributed by atoms with van der Waals surface area (Å²) in [4.78, 5) is 11.7. The van der Waals surface area contributed by atoms with Crippen molar-refractivity contribution in [2.24, 2.45) is 7.05 Å². The molecule has 1 saturated heterocycles. The van der Waals surface area contributed by atoms with Crippen molar-refractivity contribution >= 4 is 28.4 Å². The van der Waals surface area contributed by atoms with E-state index in [9.17, 15) is 4.79 Å². The topological polar surface area (TPSA) is 37.9 Å². The maximum absolute atomic E-state index is 11.7. The van der Waals surface area contributed by atoms with Crippen molar-refractivity contribution in [2.45, 2.75) is 0 Å². The summed E-state index contributed by atoms with van der Waals surface area (Å²) in [5, 5.41) is 5.64. The second-order valence-corrected chi connectivity index (χ2v) is 4.44. The van der Waals surface area contributed by atoms with E-state index in [0.717, 1.165) is 22.3 Å². The zero-order valence-corrected chi connectivity index (χ0v) is 8.99. The summed E-state index contributed by atoms with van der Waals surface area (Å²) in [6, 6.07) is 5.85. The molecule has 3 rings (SSSR count). The predicted octanol–water partition coefficient (Wildman–Crippen LogP) is 1.36. The Balaban J connectivity index is 2.28. The molecule has 1 aromatic carbocycles. The fourth-order valence-electron chi connectivity index (χ4n) is 1.56. The summed E-state index contributed by atoms with van der Waals surface area (Å²) in [6.07, 6.45) is 1.73. The van der Waals surface area contributed by atoms with Gasteiger partial charge in [-0.05, 0) is 30.1 Å². The average molecular weight is 219 g/mol. The first-order valence-corrected chi connectivity index (χ1v) is 5.56. The fraction of sp³-hybridized carbons (Fsp3) is 0.200. The monoisotopic (exact) mass is 219 g/mol. The first kappa shape index (κ1) is 8.79. The Bertz CT molecular complexity index is 589. The van der Waals surface area contributed by atoms with Crippen LogP contribution in [0.15, 0.2) is 29.2 Å². The number of rotatable bonds is 1. The van der Waals surface area contributed by atoms with Gasteiger partial charge in [0.2, 0.25) is 0 Å². The Morgan fingerprint density at radius 1 is 1.47 bits per heavy atom. The van der Waals surface area contributed by atoms with Crippen LogP contribution < -0.4 is 9.86 Å². The lowest BCUT2D eigenvalue weighted by atomic mass is 10.2. The van der Waals surface area contributed by atoms with Crippen LogP contribution in [0.25, 0.3) is 10.8 Å². The van der Waals surface area contributed by atoms with Crippen molar-refractivity contribution in [3.8, 4) is 0 Å². The normalized spacial score (nSPS) is 14.6. The number of hydrogen-bond donors (Lipinski definition) is 0. The van der Waals surface area contributed by atoms with E-state index in [1.54, 1.807) is 25.2 Å². The van der Waals surface area contributed by atoms with Gasteiger partial charge in [0.05, 0.1) is 17.5 Å². The first-order valence-electron chi connectivity index (χ1n) is 4.62. The highest BCUT2D eigenvalue weighted by Gasteiger charge is 2.19. The van der Waals surface area contributed by atoms with Crippen molar-refractivity contribution in [1.29, 1.82) is 0 Å². The Morgan fingerprint density at radius 3 is 3.00 bits per heavy atom. The number of aromatic nitrogens is 2. The summed E-state index contributed by atoms with van der Waals surface area (Å²) in [5.41, 5.74) is 1.10. The summed E-state index contributed by atoms with van der Waals surface area (Å²) in [5.74, 6) is 1.03. The van der Waals surface area contributed by atoms with E-state index < -0.39 is 0 Å². The minimum Gasteiger partial charge on any atom is -0.303 e. The molecule has 0 amide bonds. The van der Waals surface area contributed by atoms with Crippen molar-refractivity contribution in [3.63, 3.8) is 0 Å². The van der Waals surface area contributed by atoms with Crippen LogP contribution in [0.4, 0.5) is 5.69 Å². The van der Waals surface area contributed by atoms with E-state index >= 15 is 0 Å². The molecule has 0 spiro atoms. The van der Waals surface area contributed by atoms with Gasteiger partial charge < -0.3 is 4.31 Å². The van der Waals surface area contributed by atoms with Crippen molar-refractivity contribution in [2.75, 3.05) is 10.2 Å². The van der Waals surface area contributed by atoms with Gasteiger partial charge in [0.1, 0.15) is 0 Å². The number of nitrogens with zero attached hydrogens (tertiary/aromatic N) is 3. The van der Waals surface area contributed by atoms with E-state index in [2.05, 4.69) is 9.40 Å². The number of benzene rings is 1. The Labute approximate surface area is 90.6 Å². The molecule has 76 valence electrons. The minimum absolute atomic E-state index is 0.0440. The van der Waals surface area contributed by atoms with Crippen LogP contribution in [0.2, 0.25) is 0 Å². The molecule has 2 aromatic rings. The van der Waals surface area contributed by atoms with Crippen molar-refractivity contribution in [1.82, 2.24) is 9.78 Å². The Kier molecular flexibility index (Phi) is 1.76. The van der Waals surface area contributed by atoms with Gasteiger partial charge in [0.25, 0.3) is 5.56 Å². The highest BCUT2D eigenvalue weighted by molar-refractivity contribution is 8.07. The minimum atomic E-state index is -0.0440. The standard InChI is InChI=1S/C10H9N3OS/c1-12-10(14)9-3-2-8(13-6-15-13)4-7(9)5-11-12/h2-5H,6H2,1H3. The lowest BCUT2D eigenvalue weighted by molar-refractivity contribution is 0.718. The highest BCUT2D eigenvalue weighted by Crippen LogP contribution is 2.36. The van der Waals surface area contributed by atoms with Crippen LogP contribution in [0, 0.1) is 0 Å². The van der Waals surface area contributed by atoms with Gasteiger partial charge in [-0.1, -0.05) is 0 Å². The van der Waals surface area contributed by atoms with Crippen LogP contribution in [-0.4, -0.2) is 15.7 Å². The lowest BCUT2D eigenvalue weighted by Crippen LogP contribution is -2.18. The quantitative estimate of drug-likeness (QED) is 0.536. The maximum atomic E-state index is 11.7. The maximum Gasteiger partial charge on any atom is 0.274 e. The molecule has 1 aliphatic rings. The molecular weight excluding hydrogens is 210 g/mol. The largest absolute Gasteiger partial charge is 0.303 e. The van der Waals surface area contributed by atoms with Crippen molar-refractivity contribution in [3.05, 3.63) is 34.7 Å². The molecule has 1 aromatic heterocycles. The zero-order chi connectivity index (χ0) is 10.4. The van der Waals surface area contributed by atoms with E-state index in [1.807, 2.05) is 18.2 Å². The first-order chi connectivity index (χ1) is 7.25. The summed E-state index contributed by atoms with van der Waals surface area (Å²) >= 11 is 1.77. The van der Waals surface area contributed by atoms with Crippen LogP contribution >= 0.6 is 11.9 Å². The molecule has 4 nitrogen and oxygen atoms in total. The zero-order valence-electron chi connectivity index (χ0n) is 8.17. The molecule has 0 radical (unpaired) electrons. The SMILES string of the molecule is Cn1ncc2cc(N3CS3)ccc2c1=O. The smallest absolute Gasteiger partial charge is 0.274 e. The molecule has 0 N–H and O–H groups in total. The molecule has 0 unspecified atom stereocenters. The highest BCUT2D eigenvalue weighted by atomic mass is 32.2. The summed E-state index contributed by atoms with van der Waals surface area (Å²) < 4.78 is 3.52. The molecule has 1 aliphatic heterocycles. The molecule has 15 heavy (non-hydrogen) atoms. The van der Waals surface area contributed by atoms with Gasteiger partial charge in [-0.3, -0.25) is 4.79 Å². The van der Waals surface area contributed by atoms with E-state index in [-0.39, 0.29) is 5.56 Å². The van der Waals surface area contributed by atoms with E-state index in [0.29, 0.717) is 0 Å². The second-order valence-electron chi connectivity index (χ2n) is 3.48. The van der Waals surface area contributed by atoms with Crippen LogP contribution in [0.5, 0.6) is 0 Å². The molecule has 0 atom stereocenters. The number of fused-ring (bicyclic) bond motifs is 1. The summed E-state index contributed by atoms with van der Waals surface area (Å²) in [6.45, 7) is 0. The predicted molar refractivity (Wildman–Crippen MR) is 61.9 cm³/mol. The molecule has 0 aliphatic carbocycles. The Hall–Kier alpha value is -1.49. The van der Waals surface area contributed by atoms with Gasteiger partial charge in [-0.2, -0.15) is 5.10 Å². The molecule has 0 saturated carbocycles. The third-order valence-corrected chi connectivity index (χ3v) is 3.20. The average Bonchev–Trinajstić information content (AvgIpc) is 3.07. The van der Waals surface area contributed by atoms with E-state index in [4.69, 9.17) is 0 Å². The van der Waals surface area contributed by atoms with Gasteiger partial charge in [-0.25, -0.2) is 4.68 Å². The van der Waals surface area contributed by atoms with Gasteiger partial charge in [0, 0.05) is 18.1 Å². The van der Waals surface area contributed by atoms with Gasteiger partial charge in [0.15, 0.2) is 0 Å². The van der Waals surface area contributed by atoms with Crippen LogP contribution in [0.1, 0.15) is 0 Å². The summed E-state index contributed by atoms with van der Waals surface area (Å²) in [7, 11) is 1.66. The number of hydrogen-bond acceptors (Lipinski definition) is 4. The molecular formula is C10H9N3OS. The number of aryl methyl sites for hydroxylation is 1. The third kappa shape index (κ3) is 1.39. The van der Waals surface area contributed by atoms with Gasteiger partial charge >= 0.3 is 0 Å². The van der Waals surface area contributed by atoms with Crippen LogP contribution in [-0.2, 0) is 7.05 Å². The Morgan fingerprint density at radius 2 is 2.27 bits per heavy atom. The second kappa shape index (κ2) is 3.00.